The first-order chi connectivity index (χ1) is 13.3. The SMILES string of the molecule is COC(=O)[C@@H](CC(C)C)NC(=O)Cn1cnc2sc3c(c2c1=O)CC[C@@H](C)C3. The summed E-state index contributed by atoms with van der Waals surface area (Å²) in [6.45, 7) is 5.97. The number of aromatic nitrogens is 2. The van der Waals surface area contributed by atoms with Gasteiger partial charge in [0.25, 0.3) is 5.56 Å². The van der Waals surface area contributed by atoms with Crippen molar-refractivity contribution in [2.24, 2.45) is 11.8 Å². The van der Waals surface area contributed by atoms with Crippen molar-refractivity contribution in [3.8, 4) is 0 Å². The molecule has 0 aliphatic heterocycles. The van der Waals surface area contributed by atoms with Crippen molar-refractivity contribution in [1.82, 2.24) is 14.9 Å². The van der Waals surface area contributed by atoms with E-state index in [9.17, 15) is 14.4 Å². The van der Waals surface area contributed by atoms with Crippen LogP contribution in [0.5, 0.6) is 0 Å². The summed E-state index contributed by atoms with van der Waals surface area (Å²) in [5.41, 5.74) is 0.906. The van der Waals surface area contributed by atoms with E-state index in [-0.39, 0.29) is 18.0 Å². The van der Waals surface area contributed by atoms with Crippen molar-refractivity contribution in [2.45, 2.75) is 59.0 Å². The molecular weight excluding hydrogens is 378 g/mol. The maximum absolute atomic E-state index is 13.0. The van der Waals surface area contributed by atoms with Crippen LogP contribution in [0.4, 0.5) is 0 Å². The molecule has 1 aliphatic carbocycles. The predicted molar refractivity (Wildman–Crippen MR) is 108 cm³/mol. The standard InChI is InChI=1S/C20H27N3O4S/c1-11(2)7-14(20(26)27-4)22-16(24)9-23-10-21-18-17(19(23)25)13-6-5-12(3)8-15(13)28-18/h10-12,14H,5-9H2,1-4H3,(H,22,24)/t12-,14-/m1/s1. The second-order valence-corrected chi connectivity index (χ2v) is 9.07. The molecule has 1 amide bonds. The van der Waals surface area contributed by atoms with E-state index in [1.54, 1.807) is 11.3 Å². The van der Waals surface area contributed by atoms with E-state index < -0.39 is 17.9 Å². The lowest BCUT2D eigenvalue weighted by atomic mass is 9.89. The van der Waals surface area contributed by atoms with Gasteiger partial charge in [-0.25, -0.2) is 9.78 Å². The number of thiophene rings is 1. The Morgan fingerprint density at radius 2 is 2.18 bits per heavy atom. The van der Waals surface area contributed by atoms with Crippen LogP contribution in [0.15, 0.2) is 11.1 Å². The Labute approximate surface area is 168 Å². The zero-order valence-electron chi connectivity index (χ0n) is 16.8. The molecule has 0 spiro atoms. The number of amides is 1. The first kappa shape index (κ1) is 20.5. The summed E-state index contributed by atoms with van der Waals surface area (Å²) >= 11 is 1.58. The van der Waals surface area contributed by atoms with Crippen molar-refractivity contribution in [3.63, 3.8) is 0 Å². The predicted octanol–water partition coefficient (Wildman–Crippen LogP) is 2.29. The molecule has 0 radical (unpaired) electrons. The van der Waals surface area contributed by atoms with Crippen LogP contribution in [-0.2, 0) is 33.7 Å². The molecule has 1 aliphatic rings. The quantitative estimate of drug-likeness (QED) is 0.745. The van der Waals surface area contributed by atoms with Gasteiger partial charge in [0.05, 0.1) is 18.8 Å². The highest BCUT2D eigenvalue weighted by molar-refractivity contribution is 7.18. The molecule has 0 saturated carbocycles. The van der Waals surface area contributed by atoms with Gasteiger partial charge in [-0.15, -0.1) is 11.3 Å². The van der Waals surface area contributed by atoms with E-state index in [4.69, 9.17) is 4.74 Å². The number of rotatable bonds is 6. The van der Waals surface area contributed by atoms with Crippen molar-refractivity contribution in [1.29, 1.82) is 0 Å². The van der Waals surface area contributed by atoms with Gasteiger partial charge in [-0.05, 0) is 43.1 Å². The third-order valence-corrected chi connectivity index (χ3v) is 6.29. The summed E-state index contributed by atoms with van der Waals surface area (Å²) in [7, 11) is 1.30. The van der Waals surface area contributed by atoms with Gasteiger partial charge in [-0.3, -0.25) is 14.2 Å². The van der Waals surface area contributed by atoms with Crippen LogP contribution in [0.1, 0.15) is 44.1 Å². The molecule has 3 rings (SSSR count). The minimum absolute atomic E-state index is 0.172. The maximum Gasteiger partial charge on any atom is 0.328 e. The molecule has 0 fully saturated rings. The van der Waals surface area contributed by atoms with Gasteiger partial charge in [0.1, 0.15) is 17.4 Å². The Bertz CT molecular complexity index is 947. The molecule has 1 N–H and O–H groups in total. The molecule has 28 heavy (non-hydrogen) atoms. The first-order valence-electron chi connectivity index (χ1n) is 9.67. The van der Waals surface area contributed by atoms with Crippen molar-refractivity contribution in [2.75, 3.05) is 7.11 Å². The number of hydrogen-bond acceptors (Lipinski definition) is 6. The maximum atomic E-state index is 13.0. The van der Waals surface area contributed by atoms with Crippen molar-refractivity contribution >= 4 is 33.4 Å². The summed E-state index contributed by atoms with van der Waals surface area (Å²) < 4.78 is 6.10. The number of methoxy groups -OCH3 is 1. The molecule has 0 bridgehead atoms. The number of nitrogens with one attached hydrogen (secondary N) is 1. The number of esters is 1. The van der Waals surface area contributed by atoms with E-state index in [2.05, 4.69) is 17.2 Å². The van der Waals surface area contributed by atoms with Crippen LogP contribution < -0.4 is 10.9 Å². The number of aryl methyl sites for hydroxylation is 1. The van der Waals surface area contributed by atoms with Crippen LogP contribution in [0.3, 0.4) is 0 Å². The first-order valence-corrected chi connectivity index (χ1v) is 10.5. The van der Waals surface area contributed by atoms with Crippen LogP contribution >= 0.6 is 11.3 Å². The third-order valence-electron chi connectivity index (χ3n) is 5.12. The van der Waals surface area contributed by atoms with Crippen LogP contribution in [0, 0.1) is 11.8 Å². The van der Waals surface area contributed by atoms with E-state index in [1.807, 2.05) is 13.8 Å². The van der Waals surface area contributed by atoms with Gasteiger partial charge in [0.15, 0.2) is 0 Å². The van der Waals surface area contributed by atoms with Crippen molar-refractivity contribution < 1.29 is 14.3 Å². The highest BCUT2D eigenvalue weighted by Gasteiger charge is 2.25. The molecule has 2 heterocycles. The number of carbonyl (C=O) groups excluding carboxylic acids is 2. The molecule has 0 aromatic carbocycles. The highest BCUT2D eigenvalue weighted by atomic mass is 32.1. The molecule has 152 valence electrons. The fourth-order valence-corrected chi connectivity index (χ4v) is 5.04. The average Bonchev–Trinajstić information content (AvgIpc) is 3.00. The van der Waals surface area contributed by atoms with E-state index >= 15 is 0 Å². The highest BCUT2D eigenvalue weighted by Crippen LogP contribution is 2.35. The minimum atomic E-state index is -0.722. The molecule has 2 aromatic heterocycles. The largest absolute Gasteiger partial charge is 0.467 e. The summed E-state index contributed by atoms with van der Waals surface area (Å²) in [5, 5.41) is 3.33. The Hall–Kier alpha value is -2.22. The lowest BCUT2D eigenvalue weighted by molar-refractivity contribution is -0.145. The van der Waals surface area contributed by atoms with Gasteiger partial charge >= 0.3 is 5.97 Å². The Morgan fingerprint density at radius 3 is 2.86 bits per heavy atom. The number of ether oxygens (including phenoxy) is 1. The van der Waals surface area contributed by atoms with Gasteiger partial charge in [-0.1, -0.05) is 20.8 Å². The zero-order valence-corrected chi connectivity index (χ0v) is 17.6. The monoisotopic (exact) mass is 405 g/mol. The normalized spacial score (nSPS) is 17.4. The number of nitrogens with zero attached hydrogens (tertiary/aromatic N) is 2. The van der Waals surface area contributed by atoms with E-state index in [0.29, 0.717) is 17.7 Å². The molecular formula is C20H27N3O4S. The Balaban J connectivity index is 1.82. The van der Waals surface area contributed by atoms with Crippen molar-refractivity contribution in [3.05, 3.63) is 27.1 Å². The van der Waals surface area contributed by atoms with Crippen LogP contribution in [0.2, 0.25) is 0 Å². The Kier molecular flexibility index (Phi) is 6.17. The summed E-state index contributed by atoms with van der Waals surface area (Å²) in [6.07, 6.45) is 4.81. The van der Waals surface area contributed by atoms with Gasteiger partial charge in [-0.2, -0.15) is 0 Å². The average molecular weight is 406 g/mol. The minimum Gasteiger partial charge on any atom is -0.467 e. The molecule has 8 heteroatoms. The van der Waals surface area contributed by atoms with Gasteiger partial charge in [0, 0.05) is 4.88 Å². The second-order valence-electron chi connectivity index (χ2n) is 7.98. The Morgan fingerprint density at radius 1 is 1.43 bits per heavy atom. The zero-order chi connectivity index (χ0) is 20.4. The molecule has 0 unspecified atom stereocenters. The van der Waals surface area contributed by atoms with E-state index in [1.165, 1.54) is 22.9 Å². The summed E-state index contributed by atoms with van der Waals surface area (Å²) in [6, 6.07) is -0.722. The smallest absolute Gasteiger partial charge is 0.328 e. The summed E-state index contributed by atoms with van der Waals surface area (Å²) in [4.78, 5) is 43.8. The number of carbonyl (C=O) groups is 2. The molecule has 7 nitrogen and oxygen atoms in total. The number of hydrogen-bond donors (Lipinski definition) is 1. The van der Waals surface area contributed by atoms with Crippen LogP contribution in [-0.4, -0.2) is 34.6 Å². The van der Waals surface area contributed by atoms with Gasteiger partial charge in [0.2, 0.25) is 5.91 Å². The summed E-state index contributed by atoms with van der Waals surface area (Å²) in [5.74, 6) is -0.0596. The topological polar surface area (TPSA) is 90.3 Å². The molecule has 2 aromatic rings. The fraction of sp³-hybridized carbons (Fsp3) is 0.600. The van der Waals surface area contributed by atoms with E-state index in [0.717, 1.165) is 29.7 Å². The van der Waals surface area contributed by atoms with Gasteiger partial charge < -0.3 is 10.1 Å². The molecule has 2 atom stereocenters. The molecule has 0 saturated heterocycles. The van der Waals surface area contributed by atoms with Crippen LogP contribution in [0.25, 0.3) is 10.2 Å². The second kappa shape index (κ2) is 8.43. The lowest BCUT2D eigenvalue weighted by Crippen LogP contribution is -2.44. The number of fused-ring (bicyclic) bond motifs is 3. The third kappa shape index (κ3) is 4.27. The lowest BCUT2D eigenvalue weighted by Gasteiger charge is -2.19. The fourth-order valence-electron chi connectivity index (χ4n) is 3.70.